The molecule has 0 unspecified atom stereocenters. The van der Waals surface area contributed by atoms with Crippen molar-refractivity contribution in [2.45, 2.75) is 19.9 Å². The van der Waals surface area contributed by atoms with Crippen molar-refractivity contribution in [1.29, 1.82) is 0 Å². The molecule has 0 aliphatic rings. The van der Waals surface area contributed by atoms with Crippen LogP contribution in [0, 0.1) is 11.7 Å². The molecule has 1 atom stereocenters. The van der Waals surface area contributed by atoms with E-state index in [0.717, 1.165) is 0 Å². The highest BCUT2D eigenvalue weighted by atomic mass is 19.1. The van der Waals surface area contributed by atoms with Gasteiger partial charge in [-0.25, -0.2) is 9.18 Å². The van der Waals surface area contributed by atoms with Gasteiger partial charge in [0, 0.05) is 5.56 Å². The van der Waals surface area contributed by atoms with Crippen molar-refractivity contribution in [3.05, 3.63) is 66.0 Å². The minimum absolute atomic E-state index is 0.00339. The van der Waals surface area contributed by atoms with E-state index in [1.165, 1.54) is 18.2 Å². The molecule has 27 heavy (non-hydrogen) atoms. The number of hydrogen-bond acceptors (Lipinski definition) is 4. The van der Waals surface area contributed by atoms with Gasteiger partial charge in [0.25, 0.3) is 11.8 Å². The topological polar surface area (TPSA) is 84.5 Å². The molecule has 0 saturated heterocycles. The average molecular weight is 372 g/mol. The minimum Gasteiger partial charge on any atom is -0.454 e. The number of esters is 1. The number of carbonyl (C=O) groups is 3. The van der Waals surface area contributed by atoms with Gasteiger partial charge in [0.15, 0.2) is 6.61 Å². The van der Waals surface area contributed by atoms with E-state index in [1.807, 2.05) is 0 Å². The van der Waals surface area contributed by atoms with E-state index in [-0.39, 0.29) is 11.6 Å². The summed E-state index contributed by atoms with van der Waals surface area (Å²) in [5, 5.41) is 4.93. The van der Waals surface area contributed by atoms with E-state index < -0.39 is 36.2 Å². The molecule has 6 nitrogen and oxygen atoms in total. The first-order valence-electron chi connectivity index (χ1n) is 8.45. The first-order valence-corrected chi connectivity index (χ1v) is 8.45. The fraction of sp³-hybridized carbons (Fsp3) is 0.250. The van der Waals surface area contributed by atoms with Crippen LogP contribution >= 0.6 is 0 Å². The Morgan fingerprint density at radius 2 is 1.63 bits per heavy atom. The first kappa shape index (κ1) is 20.1. The second kappa shape index (κ2) is 9.47. The normalized spacial score (nSPS) is 11.6. The molecule has 0 fully saturated rings. The quantitative estimate of drug-likeness (QED) is 0.732. The van der Waals surface area contributed by atoms with Gasteiger partial charge in [0.2, 0.25) is 0 Å². The highest BCUT2D eigenvalue weighted by molar-refractivity contribution is 5.97. The molecule has 0 radical (unpaired) electrons. The van der Waals surface area contributed by atoms with Crippen LogP contribution < -0.4 is 10.6 Å². The van der Waals surface area contributed by atoms with Gasteiger partial charge in [0.05, 0.1) is 5.69 Å². The summed E-state index contributed by atoms with van der Waals surface area (Å²) in [6.07, 6.45) is 0. The van der Waals surface area contributed by atoms with Crippen LogP contribution in [-0.2, 0) is 14.3 Å². The van der Waals surface area contributed by atoms with Crippen LogP contribution in [0.1, 0.15) is 24.2 Å². The minimum atomic E-state index is -0.918. The van der Waals surface area contributed by atoms with Crippen molar-refractivity contribution in [3.8, 4) is 0 Å². The van der Waals surface area contributed by atoms with Gasteiger partial charge in [0.1, 0.15) is 11.9 Å². The van der Waals surface area contributed by atoms with Gasteiger partial charge in [-0.3, -0.25) is 9.59 Å². The fourth-order valence-corrected chi connectivity index (χ4v) is 2.29. The number of ether oxygens (including phenoxy) is 1. The monoisotopic (exact) mass is 372 g/mol. The van der Waals surface area contributed by atoms with Crippen LogP contribution in [0.5, 0.6) is 0 Å². The highest BCUT2D eigenvalue weighted by Gasteiger charge is 2.26. The summed E-state index contributed by atoms with van der Waals surface area (Å²) >= 11 is 0. The maximum atomic E-state index is 13.5. The largest absolute Gasteiger partial charge is 0.454 e. The molecule has 2 aromatic rings. The average Bonchev–Trinajstić information content (AvgIpc) is 2.66. The molecule has 0 aliphatic carbocycles. The zero-order chi connectivity index (χ0) is 19.8. The summed E-state index contributed by atoms with van der Waals surface area (Å²) in [5.74, 6) is -2.67. The molecule has 0 aliphatic heterocycles. The molecule has 0 spiro atoms. The van der Waals surface area contributed by atoms with E-state index in [9.17, 15) is 18.8 Å². The molecule has 0 bridgehead atoms. The van der Waals surface area contributed by atoms with Crippen molar-refractivity contribution in [2.24, 2.45) is 5.92 Å². The van der Waals surface area contributed by atoms with Gasteiger partial charge in [-0.05, 0) is 30.2 Å². The predicted octanol–water partition coefficient (Wildman–Crippen LogP) is 2.76. The lowest BCUT2D eigenvalue weighted by atomic mass is 10.0. The summed E-state index contributed by atoms with van der Waals surface area (Å²) in [5.41, 5.74) is 0.407. The maximum absolute atomic E-state index is 13.5. The number of amides is 2. The number of benzene rings is 2. The van der Waals surface area contributed by atoms with Crippen molar-refractivity contribution < 1.29 is 23.5 Å². The molecule has 0 saturated carbocycles. The summed E-state index contributed by atoms with van der Waals surface area (Å²) in [4.78, 5) is 36.4. The predicted molar refractivity (Wildman–Crippen MR) is 98.5 cm³/mol. The third-order valence-corrected chi connectivity index (χ3v) is 3.74. The van der Waals surface area contributed by atoms with Gasteiger partial charge >= 0.3 is 5.97 Å². The first-order chi connectivity index (χ1) is 12.9. The lowest BCUT2D eigenvalue weighted by molar-refractivity contribution is -0.150. The van der Waals surface area contributed by atoms with Crippen molar-refractivity contribution in [1.82, 2.24) is 5.32 Å². The second-order valence-corrected chi connectivity index (χ2v) is 6.20. The molecule has 7 heteroatoms. The Morgan fingerprint density at radius 3 is 2.26 bits per heavy atom. The number of anilines is 1. The van der Waals surface area contributed by atoms with Crippen LogP contribution in [0.3, 0.4) is 0 Å². The summed E-state index contributed by atoms with van der Waals surface area (Å²) in [7, 11) is 0. The van der Waals surface area contributed by atoms with Crippen molar-refractivity contribution >= 4 is 23.5 Å². The third-order valence-electron chi connectivity index (χ3n) is 3.74. The SMILES string of the molecule is CC(C)[C@H](NC(=O)c1ccccc1)C(=O)OCC(=O)Nc1ccccc1F. The van der Waals surface area contributed by atoms with Crippen molar-refractivity contribution in [2.75, 3.05) is 11.9 Å². The number of rotatable bonds is 7. The van der Waals surface area contributed by atoms with Gasteiger partial charge in [-0.1, -0.05) is 44.2 Å². The molecule has 2 rings (SSSR count). The Bertz CT molecular complexity index is 809. The lowest BCUT2D eigenvalue weighted by Crippen LogP contribution is -2.45. The van der Waals surface area contributed by atoms with E-state index in [4.69, 9.17) is 4.74 Å². The van der Waals surface area contributed by atoms with Crippen LogP contribution in [-0.4, -0.2) is 30.4 Å². The van der Waals surface area contributed by atoms with E-state index in [1.54, 1.807) is 50.2 Å². The number of carbonyl (C=O) groups excluding carboxylic acids is 3. The van der Waals surface area contributed by atoms with Crippen LogP contribution in [0.4, 0.5) is 10.1 Å². The summed E-state index contributed by atoms with van der Waals surface area (Å²) < 4.78 is 18.5. The Morgan fingerprint density at radius 1 is 1.00 bits per heavy atom. The maximum Gasteiger partial charge on any atom is 0.329 e. The lowest BCUT2D eigenvalue weighted by Gasteiger charge is -2.20. The molecule has 2 amide bonds. The summed E-state index contributed by atoms with van der Waals surface area (Å²) in [6, 6.07) is 13.2. The third kappa shape index (κ3) is 5.91. The molecule has 0 aromatic heterocycles. The number of hydrogen-bond donors (Lipinski definition) is 2. The second-order valence-electron chi connectivity index (χ2n) is 6.20. The van der Waals surface area contributed by atoms with Gasteiger partial charge in [-0.15, -0.1) is 0 Å². The Labute approximate surface area is 156 Å². The van der Waals surface area contributed by atoms with E-state index in [0.29, 0.717) is 5.56 Å². The fourth-order valence-electron chi connectivity index (χ4n) is 2.29. The zero-order valence-corrected chi connectivity index (χ0v) is 15.1. The Balaban J connectivity index is 1.92. The number of nitrogens with one attached hydrogen (secondary N) is 2. The molecule has 2 N–H and O–H groups in total. The molecular weight excluding hydrogens is 351 g/mol. The molecular formula is C20H21FN2O4. The Hall–Kier alpha value is -3.22. The number of para-hydroxylation sites is 1. The van der Waals surface area contributed by atoms with Crippen LogP contribution in [0.25, 0.3) is 0 Å². The number of halogens is 1. The molecule has 0 heterocycles. The van der Waals surface area contributed by atoms with E-state index in [2.05, 4.69) is 10.6 Å². The molecule has 2 aromatic carbocycles. The highest BCUT2D eigenvalue weighted by Crippen LogP contribution is 2.12. The van der Waals surface area contributed by atoms with Gasteiger partial charge in [-0.2, -0.15) is 0 Å². The summed E-state index contributed by atoms with van der Waals surface area (Å²) in [6.45, 7) is 2.91. The van der Waals surface area contributed by atoms with E-state index >= 15 is 0 Å². The van der Waals surface area contributed by atoms with Gasteiger partial charge < -0.3 is 15.4 Å². The molecule has 142 valence electrons. The van der Waals surface area contributed by atoms with Crippen LogP contribution in [0.2, 0.25) is 0 Å². The van der Waals surface area contributed by atoms with Crippen molar-refractivity contribution in [3.63, 3.8) is 0 Å². The standard InChI is InChI=1S/C20H21FN2O4/c1-13(2)18(23-19(25)14-8-4-3-5-9-14)20(26)27-12-17(24)22-16-11-7-6-10-15(16)21/h3-11,13,18H,12H2,1-2H3,(H,22,24)(H,23,25)/t18-/m0/s1. The zero-order valence-electron chi connectivity index (χ0n) is 15.1. The smallest absolute Gasteiger partial charge is 0.329 e. The Kier molecular flexibility index (Phi) is 7.05. The van der Waals surface area contributed by atoms with Crippen LogP contribution in [0.15, 0.2) is 54.6 Å².